The molecule has 13 heavy (non-hydrogen) atoms. The average molecular weight is 205 g/mol. The first kappa shape index (κ1) is 11.0. The fourth-order valence-corrected chi connectivity index (χ4v) is 1.98. The number of hydrogen-bond acceptors (Lipinski definition) is 2. The van der Waals surface area contributed by atoms with Crippen molar-refractivity contribution in [1.29, 1.82) is 0 Å². The normalized spacial score (nSPS) is 34.5. The van der Waals surface area contributed by atoms with Crippen molar-refractivity contribution < 1.29 is 9.53 Å². The van der Waals surface area contributed by atoms with Gasteiger partial charge in [-0.3, -0.25) is 4.79 Å². The molecule has 0 unspecified atom stereocenters. The minimum absolute atomic E-state index is 0.107. The molecule has 0 radical (unpaired) electrons. The van der Waals surface area contributed by atoms with E-state index in [4.69, 9.17) is 16.3 Å². The Morgan fingerprint density at radius 1 is 1.69 bits per heavy atom. The van der Waals surface area contributed by atoms with Crippen LogP contribution in [-0.2, 0) is 9.53 Å². The zero-order valence-corrected chi connectivity index (χ0v) is 9.06. The highest BCUT2D eigenvalue weighted by Gasteiger charge is 2.34. The fourth-order valence-electron chi connectivity index (χ4n) is 1.76. The van der Waals surface area contributed by atoms with Gasteiger partial charge in [0.15, 0.2) is 5.78 Å². The topological polar surface area (TPSA) is 26.3 Å². The number of rotatable bonds is 3. The molecule has 1 aliphatic heterocycles. The Balaban J connectivity index is 2.56. The molecule has 0 aliphatic carbocycles. The molecule has 76 valence electrons. The van der Waals surface area contributed by atoms with Crippen LogP contribution < -0.4 is 0 Å². The van der Waals surface area contributed by atoms with Crippen LogP contribution >= 0.6 is 11.6 Å². The summed E-state index contributed by atoms with van der Waals surface area (Å²) in [5.74, 6) is 0.436. The Bertz CT molecular complexity index is 193. The molecule has 0 spiro atoms. The van der Waals surface area contributed by atoms with Gasteiger partial charge in [-0.1, -0.05) is 6.92 Å². The molecule has 1 aliphatic rings. The maximum absolute atomic E-state index is 11.4. The first-order valence-electron chi connectivity index (χ1n) is 4.84. The third-order valence-electron chi connectivity index (χ3n) is 2.93. The first-order valence-corrected chi connectivity index (χ1v) is 5.37. The van der Waals surface area contributed by atoms with E-state index in [9.17, 15) is 4.79 Å². The van der Waals surface area contributed by atoms with Gasteiger partial charge in [-0.2, -0.15) is 0 Å². The van der Waals surface area contributed by atoms with Crippen molar-refractivity contribution in [2.75, 3.05) is 12.5 Å². The molecule has 2 atom stereocenters. The molecule has 0 aromatic rings. The van der Waals surface area contributed by atoms with E-state index in [0.717, 1.165) is 19.3 Å². The maximum Gasteiger partial charge on any atom is 0.150 e. The second-order valence-electron chi connectivity index (χ2n) is 3.94. The van der Waals surface area contributed by atoms with Crippen LogP contribution in [0.5, 0.6) is 0 Å². The summed E-state index contributed by atoms with van der Waals surface area (Å²) >= 11 is 5.53. The number of hydrogen-bond donors (Lipinski definition) is 0. The molecule has 1 rings (SSSR count). The maximum atomic E-state index is 11.4. The standard InChI is InChI=1S/C10H17ClO2/c1-3-10(2)6-8(4-5-13-10)9(12)7-11/h8H,3-7H2,1-2H3/t8-,10+/m0/s1. The zero-order chi connectivity index (χ0) is 9.90. The van der Waals surface area contributed by atoms with E-state index in [2.05, 4.69) is 13.8 Å². The molecular weight excluding hydrogens is 188 g/mol. The molecule has 0 N–H and O–H groups in total. The van der Waals surface area contributed by atoms with Crippen LogP contribution in [0.1, 0.15) is 33.1 Å². The van der Waals surface area contributed by atoms with Gasteiger partial charge in [-0.15, -0.1) is 11.6 Å². The third kappa shape index (κ3) is 2.68. The predicted octanol–water partition coefficient (Wildman–Crippen LogP) is 2.39. The summed E-state index contributed by atoms with van der Waals surface area (Å²) in [7, 11) is 0. The van der Waals surface area contributed by atoms with E-state index in [1.165, 1.54) is 0 Å². The number of alkyl halides is 1. The molecule has 2 nitrogen and oxygen atoms in total. The summed E-state index contributed by atoms with van der Waals surface area (Å²) in [6, 6.07) is 0. The minimum atomic E-state index is -0.107. The highest BCUT2D eigenvalue weighted by molar-refractivity contribution is 6.27. The molecule has 0 aromatic heterocycles. The molecule has 3 heteroatoms. The lowest BCUT2D eigenvalue weighted by molar-refractivity contribution is -0.132. The van der Waals surface area contributed by atoms with Crippen LogP contribution in [0.15, 0.2) is 0 Å². The van der Waals surface area contributed by atoms with Crippen LogP contribution in [-0.4, -0.2) is 23.9 Å². The summed E-state index contributed by atoms with van der Waals surface area (Å²) in [4.78, 5) is 11.4. The van der Waals surface area contributed by atoms with Gasteiger partial charge in [0.1, 0.15) is 0 Å². The Labute approximate surface area is 84.6 Å². The molecule has 1 fully saturated rings. The summed E-state index contributed by atoms with van der Waals surface area (Å²) in [5.41, 5.74) is -0.107. The number of halogens is 1. The summed E-state index contributed by atoms with van der Waals surface area (Å²) < 4.78 is 5.64. The van der Waals surface area contributed by atoms with Gasteiger partial charge in [-0.25, -0.2) is 0 Å². The summed E-state index contributed by atoms with van der Waals surface area (Å²) in [6.45, 7) is 4.85. The Kier molecular flexibility index (Phi) is 3.74. The van der Waals surface area contributed by atoms with E-state index in [1.54, 1.807) is 0 Å². The Hall–Kier alpha value is -0.0800. The lowest BCUT2D eigenvalue weighted by Gasteiger charge is -2.36. The SMILES string of the molecule is CC[C@]1(C)C[C@@H](C(=O)CCl)CCO1. The Morgan fingerprint density at radius 2 is 2.38 bits per heavy atom. The summed E-state index contributed by atoms with van der Waals surface area (Å²) in [5, 5.41) is 0. The number of carbonyl (C=O) groups is 1. The van der Waals surface area contributed by atoms with Crippen LogP contribution in [0.3, 0.4) is 0 Å². The van der Waals surface area contributed by atoms with Gasteiger partial charge in [0.05, 0.1) is 11.5 Å². The van der Waals surface area contributed by atoms with Gasteiger partial charge in [0.25, 0.3) is 0 Å². The van der Waals surface area contributed by atoms with Crippen molar-refractivity contribution in [3.05, 3.63) is 0 Å². The minimum Gasteiger partial charge on any atom is -0.375 e. The largest absolute Gasteiger partial charge is 0.375 e. The van der Waals surface area contributed by atoms with Gasteiger partial charge in [0, 0.05) is 12.5 Å². The van der Waals surface area contributed by atoms with Crippen molar-refractivity contribution in [3.8, 4) is 0 Å². The molecule has 1 heterocycles. The van der Waals surface area contributed by atoms with Gasteiger partial charge < -0.3 is 4.74 Å². The van der Waals surface area contributed by atoms with E-state index in [-0.39, 0.29) is 23.2 Å². The van der Waals surface area contributed by atoms with Crippen molar-refractivity contribution in [1.82, 2.24) is 0 Å². The van der Waals surface area contributed by atoms with E-state index in [0.29, 0.717) is 6.61 Å². The monoisotopic (exact) mass is 204 g/mol. The van der Waals surface area contributed by atoms with Crippen LogP contribution in [0, 0.1) is 5.92 Å². The van der Waals surface area contributed by atoms with Crippen LogP contribution in [0.2, 0.25) is 0 Å². The quantitative estimate of drug-likeness (QED) is 0.660. The van der Waals surface area contributed by atoms with Crippen molar-refractivity contribution >= 4 is 17.4 Å². The molecule has 0 bridgehead atoms. The number of carbonyl (C=O) groups excluding carboxylic acids is 1. The van der Waals surface area contributed by atoms with E-state index in [1.807, 2.05) is 0 Å². The fraction of sp³-hybridized carbons (Fsp3) is 0.900. The summed E-state index contributed by atoms with van der Waals surface area (Å²) in [6.07, 6.45) is 2.62. The lowest BCUT2D eigenvalue weighted by atomic mass is 9.83. The smallest absolute Gasteiger partial charge is 0.150 e. The first-order chi connectivity index (χ1) is 6.11. The Morgan fingerprint density at radius 3 is 2.92 bits per heavy atom. The zero-order valence-electron chi connectivity index (χ0n) is 8.31. The molecule has 0 amide bonds. The van der Waals surface area contributed by atoms with Gasteiger partial charge >= 0.3 is 0 Å². The van der Waals surface area contributed by atoms with E-state index >= 15 is 0 Å². The highest BCUT2D eigenvalue weighted by Crippen LogP contribution is 2.32. The van der Waals surface area contributed by atoms with Crippen molar-refractivity contribution in [2.45, 2.75) is 38.7 Å². The van der Waals surface area contributed by atoms with Crippen molar-refractivity contribution in [3.63, 3.8) is 0 Å². The lowest BCUT2D eigenvalue weighted by Crippen LogP contribution is -2.39. The van der Waals surface area contributed by atoms with Crippen LogP contribution in [0.25, 0.3) is 0 Å². The second kappa shape index (κ2) is 4.43. The second-order valence-corrected chi connectivity index (χ2v) is 4.21. The van der Waals surface area contributed by atoms with E-state index < -0.39 is 0 Å². The van der Waals surface area contributed by atoms with Crippen molar-refractivity contribution in [2.24, 2.45) is 5.92 Å². The highest BCUT2D eigenvalue weighted by atomic mass is 35.5. The molecule has 0 aromatic carbocycles. The molecule has 0 saturated carbocycles. The molecule has 1 saturated heterocycles. The molecular formula is C10H17ClO2. The third-order valence-corrected chi connectivity index (χ3v) is 3.19. The van der Waals surface area contributed by atoms with Gasteiger partial charge in [-0.05, 0) is 26.2 Å². The predicted molar refractivity (Wildman–Crippen MR) is 53.1 cm³/mol. The number of Topliss-reactive ketones (excluding diaryl/α,β-unsaturated/α-hetero) is 1. The number of ketones is 1. The average Bonchev–Trinajstić information content (AvgIpc) is 2.17. The van der Waals surface area contributed by atoms with Crippen LogP contribution in [0.4, 0.5) is 0 Å². The van der Waals surface area contributed by atoms with Gasteiger partial charge in [0.2, 0.25) is 0 Å². The number of ether oxygens (including phenoxy) is 1.